The Morgan fingerprint density at radius 2 is 2.19 bits per heavy atom. The van der Waals surface area contributed by atoms with Crippen LogP contribution in [0.5, 0.6) is 0 Å². The molecule has 1 aromatic carbocycles. The minimum atomic E-state index is -1.14. The van der Waals surface area contributed by atoms with Crippen LogP contribution >= 0.6 is 0 Å². The number of carbonyl (C=O) groups is 1. The fourth-order valence-corrected chi connectivity index (χ4v) is 2.79. The number of benzene rings is 1. The summed E-state index contributed by atoms with van der Waals surface area (Å²) in [6, 6.07) is 2.73. The average molecular weight is 298 g/mol. The first-order chi connectivity index (χ1) is 10.1. The van der Waals surface area contributed by atoms with Crippen molar-refractivity contribution in [2.24, 2.45) is 5.92 Å². The highest BCUT2D eigenvalue weighted by Gasteiger charge is 2.25. The van der Waals surface area contributed by atoms with E-state index in [-0.39, 0.29) is 11.3 Å². The summed E-state index contributed by atoms with van der Waals surface area (Å²) in [4.78, 5) is 13.2. The largest absolute Gasteiger partial charge is 0.465 e. The summed E-state index contributed by atoms with van der Waals surface area (Å²) >= 11 is 0. The van der Waals surface area contributed by atoms with Gasteiger partial charge in [0.25, 0.3) is 0 Å². The number of piperidine rings is 1. The Bertz CT molecular complexity index is 521. The van der Waals surface area contributed by atoms with Gasteiger partial charge in [-0.15, -0.1) is 0 Å². The van der Waals surface area contributed by atoms with Crippen molar-refractivity contribution in [2.75, 3.05) is 38.7 Å². The fraction of sp³-hybridized carbons (Fsp3) is 0.533. The minimum Gasteiger partial charge on any atom is -0.465 e. The van der Waals surface area contributed by atoms with Gasteiger partial charge < -0.3 is 15.0 Å². The highest BCUT2D eigenvalue weighted by atomic mass is 19.2. The first-order valence-corrected chi connectivity index (χ1v) is 7.04. The number of carbonyl (C=O) groups excluding carboxylic acids is 1. The van der Waals surface area contributed by atoms with Gasteiger partial charge in [-0.25, -0.2) is 13.6 Å². The number of nitrogens with zero attached hydrogens (tertiary/aromatic N) is 1. The first kappa shape index (κ1) is 15.7. The van der Waals surface area contributed by atoms with Crippen molar-refractivity contribution in [1.82, 2.24) is 5.32 Å². The molecule has 0 amide bonds. The van der Waals surface area contributed by atoms with Crippen LogP contribution in [0.25, 0.3) is 0 Å². The van der Waals surface area contributed by atoms with Crippen LogP contribution in [0.2, 0.25) is 0 Å². The second kappa shape index (κ2) is 6.85. The summed E-state index contributed by atoms with van der Waals surface area (Å²) in [5.74, 6) is -2.59. The van der Waals surface area contributed by atoms with E-state index in [1.54, 1.807) is 0 Å². The lowest BCUT2D eigenvalue weighted by molar-refractivity contribution is 0.0594. The SMILES string of the molecule is CNCC1CCCN(c2ccc(C(=O)OC)c(F)c2F)C1. The monoisotopic (exact) mass is 298 g/mol. The van der Waals surface area contributed by atoms with Crippen molar-refractivity contribution in [2.45, 2.75) is 12.8 Å². The molecule has 1 unspecified atom stereocenters. The fourth-order valence-electron chi connectivity index (χ4n) is 2.79. The van der Waals surface area contributed by atoms with Gasteiger partial charge in [0, 0.05) is 13.1 Å². The van der Waals surface area contributed by atoms with E-state index < -0.39 is 17.6 Å². The molecule has 116 valence electrons. The maximum Gasteiger partial charge on any atom is 0.340 e. The van der Waals surface area contributed by atoms with Crippen LogP contribution < -0.4 is 10.2 Å². The smallest absolute Gasteiger partial charge is 0.340 e. The maximum absolute atomic E-state index is 14.2. The Morgan fingerprint density at radius 3 is 2.86 bits per heavy atom. The molecule has 1 aliphatic rings. The lowest BCUT2D eigenvalue weighted by atomic mass is 9.97. The molecule has 0 bridgehead atoms. The standard InChI is InChI=1S/C15H20F2N2O2/c1-18-8-10-4-3-7-19(9-10)12-6-5-11(15(20)21-2)13(16)14(12)17/h5-6,10,18H,3-4,7-9H2,1-2H3. The van der Waals surface area contributed by atoms with E-state index in [0.717, 1.165) is 26.5 Å². The van der Waals surface area contributed by atoms with Gasteiger partial charge in [-0.1, -0.05) is 0 Å². The van der Waals surface area contributed by atoms with Crippen LogP contribution in [0.15, 0.2) is 12.1 Å². The third-order valence-corrected chi connectivity index (χ3v) is 3.82. The molecule has 1 aromatic rings. The zero-order chi connectivity index (χ0) is 15.4. The maximum atomic E-state index is 14.2. The molecule has 1 heterocycles. The van der Waals surface area contributed by atoms with Gasteiger partial charge in [0.05, 0.1) is 18.4 Å². The van der Waals surface area contributed by atoms with Crippen LogP contribution in [-0.2, 0) is 4.74 Å². The molecular formula is C15H20F2N2O2. The quantitative estimate of drug-likeness (QED) is 0.865. The Hall–Kier alpha value is -1.69. The molecule has 6 heteroatoms. The third kappa shape index (κ3) is 3.32. The molecule has 2 rings (SSSR count). The lowest BCUT2D eigenvalue weighted by Gasteiger charge is -2.34. The molecule has 1 fully saturated rings. The van der Waals surface area contributed by atoms with Crippen molar-refractivity contribution in [1.29, 1.82) is 0 Å². The van der Waals surface area contributed by atoms with E-state index in [9.17, 15) is 13.6 Å². The zero-order valence-electron chi connectivity index (χ0n) is 12.3. The normalized spacial score (nSPS) is 18.7. The Morgan fingerprint density at radius 1 is 1.43 bits per heavy atom. The summed E-state index contributed by atoms with van der Waals surface area (Å²) in [7, 11) is 3.02. The number of esters is 1. The average Bonchev–Trinajstić information content (AvgIpc) is 2.50. The van der Waals surface area contributed by atoms with E-state index in [1.165, 1.54) is 12.1 Å². The van der Waals surface area contributed by atoms with Crippen LogP contribution in [0.1, 0.15) is 23.2 Å². The second-order valence-corrected chi connectivity index (χ2v) is 5.26. The van der Waals surface area contributed by atoms with Crippen LogP contribution in [0.3, 0.4) is 0 Å². The second-order valence-electron chi connectivity index (χ2n) is 5.26. The predicted octanol–water partition coefficient (Wildman–Crippen LogP) is 2.19. The molecule has 1 atom stereocenters. The van der Waals surface area contributed by atoms with Crippen molar-refractivity contribution in [3.63, 3.8) is 0 Å². The van der Waals surface area contributed by atoms with Gasteiger partial charge in [0.15, 0.2) is 11.6 Å². The van der Waals surface area contributed by atoms with Crippen molar-refractivity contribution >= 4 is 11.7 Å². The van der Waals surface area contributed by atoms with Crippen LogP contribution in [-0.4, -0.2) is 39.8 Å². The number of hydrogen-bond donors (Lipinski definition) is 1. The number of anilines is 1. The number of halogens is 2. The molecule has 1 aliphatic heterocycles. The Balaban J connectivity index is 2.24. The number of rotatable bonds is 4. The predicted molar refractivity (Wildman–Crippen MR) is 76.6 cm³/mol. The van der Waals surface area contributed by atoms with Gasteiger partial charge in [-0.3, -0.25) is 0 Å². The van der Waals surface area contributed by atoms with Gasteiger partial charge in [-0.05, 0) is 44.5 Å². The number of ether oxygens (including phenoxy) is 1. The molecule has 21 heavy (non-hydrogen) atoms. The van der Waals surface area contributed by atoms with Gasteiger partial charge >= 0.3 is 5.97 Å². The molecular weight excluding hydrogens is 278 g/mol. The summed E-state index contributed by atoms with van der Waals surface area (Å²) < 4.78 is 32.6. The summed E-state index contributed by atoms with van der Waals surface area (Å²) in [5, 5.41) is 3.11. The van der Waals surface area contributed by atoms with Gasteiger partial charge in [0.1, 0.15) is 0 Å². The molecule has 0 aromatic heterocycles. The number of hydrogen-bond acceptors (Lipinski definition) is 4. The van der Waals surface area contributed by atoms with E-state index in [0.29, 0.717) is 19.0 Å². The molecule has 4 nitrogen and oxygen atoms in total. The molecule has 1 N–H and O–H groups in total. The number of nitrogens with one attached hydrogen (secondary N) is 1. The van der Waals surface area contributed by atoms with E-state index in [2.05, 4.69) is 10.1 Å². The van der Waals surface area contributed by atoms with Gasteiger partial charge in [-0.2, -0.15) is 0 Å². The molecule has 0 radical (unpaired) electrons. The van der Waals surface area contributed by atoms with Gasteiger partial charge in [0.2, 0.25) is 0 Å². The van der Waals surface area contributed by atoms with E-state index in [4.69, 9.17) is 0 Å². The molecule has 0 aliphatic carbocycles. The summed E-state index contributed by atoms with van der Waals surface area (Å²) in [6.45, 7) is 2.21. The summed E-state index contributed by atoms with van der Waals surface area (Å²) in [5.41, 5.74) is -0.163. The first-order valence-electron chi connectivity index (χ1n) is 7.04. The van der Waals surface area contributed by atoms with E-state index in [1.807, 2.05) is 11.9 Å². The van der Waals surface area contributed by atoms with Crippen molar-refractivity contribution < 1.29 is 18.3 Å². The molecule has 0 saturated carbocycles. The summed E-state index contributed by atoms with van der Waals surface area (Å²) in [6.07, 6.45) is 2.01. The van der Waals surface area contributed by atoms with Crippen molar-refractivity contribution in [3.05, 3.63) is 29.3 Å². The zero-order valence-corrected chi connectivity index (χ0v) is 12.3. The third-order valence-electron chi connectivity index (χ3n) is 3.82. The van der Waals surface area contributed by atoms with Crippen LogP contribution in [0.4, 0.5) is 14.5 Å². The highest BCUT2D eigenvalue weighted by molar-refractivity contribution is 5.90. The lowest BCUT2D eigenvalue weighted by Crippen LogP contribution is -2.39. The Kier molecular flexibility index (Phi) is 5.12. The molecule has 1 saturated heterocycles. The number of methoxy groups -OCH3 is 1. The van der Waals surface area contributed by atoms with Crippen LogP contribution in [0, 0.1) is 17.6 Å². The van der Waals surface area contributed by atoms with Crippen molar-refractivity contribution in [3.8, 4) is 0 Å². The highest BCUT2D eigenvalue weighted by Crippen LogP contribution is 2.28. The minimum absolute atomic E-state index is 0.209. The van der Waals surface area contributed by atoms with E-state index >= 15 is 0 Å². The molecule has 0 spiro atoms. The Labute approximate surface area is 123 Å². The topological polar surface area (TPSA) is 41.6 Å².